The van der Waals surface area contributed by atoms with E-state index in [4.69, 9.17) is 10.5 Å². The highest BCUT2D eigenvalue weighted by molar-refractivity contribution is 4.96. The van der Waals surface area contributed by atoms with Gasteiger partial charge in [-0.1, -0.05) is 13.3 Å². The molecule has 17 heavy (non-hydrogen) atoms. The molecular weight excluding hydrogens is 214 g/mol. The van der Waals surface area contributed by atoms with E-state index in [9.17, 15) is 0 Å². The second-order valence-corrected chi connectivity index (χ2v) is 4.85. The maximum absolute atomic E-state index is 6.00. The molecule has 0 aromatic carbocycles. The molecule has 4 nitrogen and oxygen atoms in total. The Bertz CT molecular complexity index is 337. The van der Waals surface area contributed by atoms with Gasteiger partial charge in [-0.3, -0.25) is 0 Å². The predicted octanol–water partition coefficient (Wildman–Crippen LogP) is 1.94. The van der Waals surface area contributed by atoms with Crippen molar-refractivity contribution in [1.29, 1.82) is 0 Å². The first-order valence-corrected chi connectivity index (χ1v) is 6.65. The third-order valence-electron chi connectivity index (χ3n) is 3.60. The lowest BCUT2D eigenvalue weighted by Gasteiger charge is -2.19. The van der Waals surface area contributed by atoms with Crippen LogP contribution in [0.2, 0.25) is 0 Å². The number of imidazole rings is 1. The zero-order valence-corrected chi connectivity index (χ0v) is 10.6. The van der Waals surface area contributed by atoms with Crippen molar-refractivity contribution in [2.45, 2.75) is 51.9 Å². The van der Waals surface area contributed by atoms with Crippen LogP contribution in [0, 0.1) is 5.92 Å². The van der Waals surface area contributed by atoms with Crippen molar-refractivity contribution in [2.75, 3.05) is 6.54 Å². The van der Waals surface area contributed by atoms with E-state index in [0.717, 1.165) is 25.9 Å². The Balaban J connectivity index is 1.86. The molecule has 1 fully saturated rings. The third kappa shape index (κ3) is 3.07. The molecule has 0 amide bonds. The summed E-state index contributed by atoms with van der Waals surface area (Å²) < 4.78 is 8.17. The topological polar surface area (TPSA) is 53.1 Å². The molecule has 0 radical (unpaired) electrons. The second kappa shape index (κ2) is 6.17. The first-order chi connectivity index (χ1) is 8.35. The Morgan fingerprint density at radius 2 is 2.41 bits per heavy atom. The van der Waals surface area contributed by atoms with Crippen molar-refractivity contribution in [3.8, 4) is 0 Å². The normalized spacial score (nSPS) is 24.4. The molecule has 1 aliphatic rings. The number of hydrogen-bond donors (Lipinski definition) is 1. The first-order valence-electron chi connectivity index (χ1n) is 6.65. The van der Waals surface area contributed by atoms with Crippen molar-refractivity contribution >= 4 is 0 Å². The standard InChI is InChI=1S/C13H23N3O/c1-2-6-16-10-15-8-12(16)9-17-13-5-3-4-11(13)7-14/h8,10-11,13H,2-7,9,14H2,1H3. The molecule has 1 heterocycles. The maximum atomic E-state index is 6.00. The molecule has 0 spiro atoms. The van der Waals surface area contributed by atoms with E-state index >= 15 is 0 Å². The lowest BCUT2D eigenvalue weighted by atomic mass is 10.1. The highest BCUT2D eigenvalue weighted by Gasteiger charge is 2.26. The van der Waals surface area contributed by atoms with Crippen LogP contribution in [0.4, 0.5) is 0 Å². The Labute approximate surface area is 103 Å². The van der Waals surface area contributed by atoms with Gasteiger partial charge in [-0.2, -0.15) is 0 Å². The van der Waals surface area contributed by atoms with E-state index in [-0.39, 0.29) is 0 Å². The van der Waals surface area contributed by atoms with Crippen LogP contribution in [-0.2, 0) is 17.9 Å². The molecule has 1 aromatic heterocycles. The van der Waals surface area contributed by atoms with E-state index in [0.29, 0.717) is 18.6 Å². The van der Waals surface area contributed by atoms with Crippen LogP contribution in [0.15, 0.2) is 12.5 Å². The summed E-state index contributed by atoms with van der Waals surface area (Å²) >= 11 is 0. The van der Waals surface area contributed by atoms with E-state index < -0.39 is 0 Å². The van der Waals surface area contributed by atoms with E-state index in [1.165, 1.54) is 18.5 Å². The van der Waals surface area contributed by atoms with Gasteiger partial charge in [0.2, 0.25) is 0 Å². The number of ether oxygens (including phenoxy) is 1. The van der Waals surface area contributed by atoms with Crippen LogP contribution in [-0.4, -0.2) is 22.2 Å². The Kier molecular flexibility index (Phi) is 4.57. The van der Waals surface area contributed by atoms with Gasteiger partial charge in [0.05, 0.1) is 30.9 Å². The van der Waals surface area contributed by atoms with Crippen LogP contribution in [0.5, 0.6) is 0 Å². The smallest absolute Gasteiger partial charge is 0.0948 e. The monoisotopic (exact) mass is 237 g/mol. The molecule has 1 saturated carbocycles. The van der Waals surface area contributed by atoms with E-state index in [2.05, 4.69) is 16.5 Å². The number of hydrogen-bond acceptors (Lipinski definition) is 3. The molecule has 1 aromatic rings. The van der Waals surface area contributed by atoms with Gasteiger partial charge in [0.25, 0.3) is 0 Å². The highest BCUT2D eigenvalue weighted by Crippen LogP contribution is 2.28. The lowest BCUT2D eigenvalue weighted by molar-refractivity contribution is 0.0152. The van der Waals surface area contributed by atoms with Gasteiger partial charge in [-0.25, -0.2) is 4.98 Å². The van der Waals surface area contributed by atoms with E-state index in [1.54, 1.807) is 0 Å². The van der Waals surface area contributed by atoms with Crippen molar-refractivity contribution in [2.24, 2.45) is 11.7 Å². The minimum absolute atomic E-state index is 0.352. The minimum atomic E-state index is 0.352. The molecule has 2 rings (SSSR count). The lowest BCUT2D eigenvalue weighted by Crippen LogP contribution is -2.25. The van der Waals surface area contributed by atoms with Gasteiger partial charge in [0.15, 0.2) is 0 Å². The first kappa shape index (κ1) is 12.6. The summed E-state index contributed by atoms with van der Waals surface area (Å²) in [5.74, 6) is 0.553. The quantitative estimate of drug-likeness (QED) is 0.822. The molecule has 4 heteroatoms. The number of nitrogens with two attached hydrogens (primary N) is 1. The summed E-state index contributed by atoms with van der Waals surface area (Å²) in [6, 6.07) is 0. The van der Waals surface area contributed by atoms with Crippen LogP contribution in [0.3, 0.4) is 0 Å². The molecule has 0 saturated heterocycles. The van der Waals surface area contributed by atoms with Crippen LogP contribution in [0.25, 0.3) is 0 Å². The summed E-state index contributed by atoms with van der Waals surface area (Å²) in [5.41, 5.74) is 6.93. The van der Waals surface area contributed by atoms with Gasteiger partial charge in [-0.05, 0) is 31.7 Å². The zero-order valence-electron chi connectivity index (χ0n) is 10.6. The van der Waals surface area contributed by atoms with Crippen molar-refractivity contribution in [3.63, 3.8) is 0 Å². The van der Waals surface area contributed by atoms with Crippen LogP contribution >= 0.6 is 0 Å². The molecule has 2 atom stereocenters. The summed E-state index contributed by atoms with van der Waals surface area (Å²) in [5, 5.41) is 0. The highest BCUT2D eigenvalue weighted by atomic mass is 16.5. The van der Waals surface area contributed by atoms with Crippen LogP contribution in [0.1, 0.15) is 38.3 Å². The summed E-state index contributed by atoms with van der Waals surface area (Å²) in [6.45, 7) is 4.61. The number of nitrogens with zero attached hydrogens (tertiary/aromatic N) is 2. The third-order valence-corrected chi connectivity index (χ3v) is 3.60. The molecule has 96 valence electrons. The Morgan fingerprint density at radius 3 is 3.18 bits per heavy atom. The maximum Gasteiger partial charge on any atom is 0.0948 e. The zero-order chi connectivity index (χ0) is 12.1. The number of aromatic nitrogens is 2. The largest absolute Gasteiger partial charge is 0.372 e. The minimum Gasteiger partial charge on any atom is -0.372 e. The Morgan fingerprint density at radius 1 is 1.53 bits per heavy atom. The summed E-state index contributed by atoms with van der Waals surface area (Å²) in [4.78, 5) is 4.18. The second-order valence-electron chi connectivity index (χ2n) is 4.85. The molecular formula is C13H23N3O. The van der Waals surface area contributed by atoms with Gasteiger partial charge in [-0.15, -0.1) is 0 Å². The molecule has 2 N–H and O–H groups in total. The predicted molar refractivity (Wildman–Crippen MR) is 67.5 cm³/mol. The molecule has 0 aliphatic heterocycles. The summed E-state index contributed by atoms with van der Waals surface area (Å²) in [7, 11) is 0. The van der Waals surface area contributed by atoms with Gasteiger partial charge in [0, 0.05) is 6.54 Å². The van der Waals surface area contributed by atoms with Gasteiger partial charge < -0.3 is 15.0 Å². The van der Waals surface area contributed by atoms with Gasteiger partial charge >= 0.3 is 0 Å². The molecule has 1 aliphatic carbocycles. The molecule has 2 unspecified atom stereocenters. The number of rotatable bonds is 6. The number of aryl methyl sites for hydroxylation is 1. The fourth-order valence-corrected chi connectivity index (χ4v) is 2.59. The Hall–Kier alpha value is -0.870. The average Bonchev–Trinajstić information content (AvgIpc) is 2.95. The van der Waals surface area contributed by atoms with Crippen molar-refractivity contribution in [3.05, 3.63) is 18.2 Å². The van der Waals surface area contributed by atoms with Crippen LogP contribution < -0.4 is 5.73 Å². The van der Waals surface area contributed by atoms with Gasteiger partial charge in [0.1, 0.15) is 0 Å². The molecule has 0 bridgehead atoms. The van der Waals surface area contributed by atoms with Crippen molar-refractivity contribution < 1.29 is 4.74 Å². The van der Waals surface area contributed by atoms with Crippen molar-refractivity contribution in [1.82, 2.24) is 9.55 Å². The van der Waals surface area contributed by atoms with E-state index in [1.807, 2.05) is 12.5 Å². The SMILES string of the molecule is CCCn1cncc1COC1CCCC1CN. The fourth-order valence-electron chi connectivity index (χ4n) is 2.59. The average molecular weight is 237 g/mol. The summed E-state index contributed by atoms with van der Waals surface area (Å²) in [6.07, 6.45) is 8.89. The fraction of sp³-hybridized carbons (Fsp3) is 0.769.